The lowest BCUT2D eigenvalue weighted by atomic mass is 10.1. The first-order valence-electron chi connectivity index (χ1n) is 5.79. The zero-order chi connectivity index (χ0) is 11.7. The molecule has 1 fully saturated rings. The molecule has 2 heterocycles. The maximum Gasteiger partial charge on any atom is 0.137 e. The number of hydrogen-bond donors (Lipinski definition) is 0. The topological polar surface area (TPSA) is 25.6 Å². The molecule has 1 aliphatic heterocycles. The molecule has 1 aliphatic rings. The minimum absolute atomic E-state index is 0.209. The zero-order valence-corrected chi connectivity index (χ0v) is 9.49. The summed E-state index contributed by atoms with van der Waals surface area (Å²) in [6, 6.07) is 4.93. The van der Waals surface area contributed by atoms with Crippen LogP contribution in [0.1, 0.15) is 5.56 Å². The average Bonchev–Trinajstić information content (AvgIpc) is 2.75. The van der Waals surface area contributed by atoms with Crippen molar-refractivity contribution < 1.29 is 13.5 Å². The van der Waals surface area contributed by atoms with Gasteiger partial charge in [-0.2, -0.15) is 0 Å². The first-order valence-corrected chi connectivity index (χ1v) is 5.79. The molecule has 90 valence electrons. The van der Waals surface area contributed by atoms with Crippen LogP contribution in [0.25, 0.3) is 11.0 Å². The van der Waals surface area contributed by atoms with E-state index in [4.69, 9.17) is 9.15 Å². The van der Waals surface area contributed by atoms with Gasteiger partial charge in [-0.25, -0.2) is 4.39 Å². The second kappa shape index (κ2) is 4.47. The number of fused-ring (bicyclic) bond motifs is 1. The van der Waals surface area contributed by atoms with Crippen LogP contribution in [-0.2, 0) is 11.3 Å². The Morgan fingerprint density at radius 2 is 2.06 bits per heavy atom. The lowest BCUT2D eigenvalue weighted by molar-refractivity contribution is 0.0342. The van der Waals surface area contributed by atoms with E-state index in [9.17, 15) is 4.39 Å². The molecule has 3 rings (SSSR count). The lowest BCUT2D eigenvalue weighted by Crippen LogP contribution is -2.35. The second-order valence-electron chi connectivity index (χ2n) is 4.26. The summed E-state index contributed by atoms with van der Waals surface area (Å²) in [5.74, 6) is -0.209. The summed E-state index contributed by atoms with van der Waals surface area (Å²) < 4.78 is 24.4. The van der Waals surface area contributed by atoms with Gasteiger partial charge in [-0.15, -0.1) is 0 Å². The van der Waals surface area contributed by atoms with Gasteiger partial charge in [0.1, 0.15) is 11.4 Å². The van der Waals surface area contributed by atoms with E-state index in [0.717, 1.165) is 38.4 Å². The summed E-state index contributed by atoms with van der Waals surface area (Å²) in [4.78, 5) is 2.25. The average molecular weight is 235 g/mol. The van der Waals surface area contributed by atoms with Crippen LogP contribution in [0.3, 0.4) is 0 Å². The minimum Gasteiger partial charge on any atom is -0.464 e. The van der Waals surface area contributed by atoms with Crippen LogP contribution in [0.5, 0.6) is 0 Å². The number of halogens is 1. The Labute approximate surface area is 98.8 Å². The fourth-order valence-electron chi connectivity index (χ4n) is 2.22. The van der Waals surface area contributed by atoms with Gasteiger partial charge in [-0.3, -0.25) is 4.90 Å². The quantitative estimate of drug-likeness (QED) is 0.799. The summed E-state index contributed by atoms with van der Waals surface area (Å²) >= 11 is 0. The van der Waals surface area contributed by atoms with Gasteiger partial charge in [0.2, 0.25) is 0 Å². The van der Waals surface area contributed by atoms with Gasteiger partial charge in [0.25, 0.3) is 0 Å². The summed E-state index contributed by atoms with van der Waals surface area (Å²) in [6.07, 6.45) is 1.66. The van der Waals surface area contributed by atoms with Crippen molar-refractivity contribution in [3.63, 3.8) is 0 Å². The number of benzene rings is 1. The van der Waals surface area contributed by atoms with Crippen molar-refractivity contribution in [1.82, 2.24) is 4.90 Å². The van der Waals surface area contributed by atoms with Crippen molar-refractivity contribution >= 4 is 11.0 Å². The van der Waals surface area contributed by atoms with Gasteiger partial charge in [0.05, 0.1) is 24.9 Å². The van der Waals surface area contributed by atoms with E-state index in [0.29, 0.717) is 11.0 Å². The van der Waals surface area contributed by atoms with E-state index in [1.165, 1.54) is 6.07 Å². The van der Waals surface area contributed by atoms with Crippen LogP contribution in [-0.4, -0.2) is 31.2 Å². The van der Waals surface area contributed by atoms with Gasteiger partial charge >= 0.3 is 0 Å². The molecule has 1 aromatic carbocycles. The second-order valence-corrected chi connectivity index (χ2v) is 4.26. The Morgan fingerprint density at radius 3 is 2.88 bits per heavy atom. The molecule has 0 radical (unpaired) electrons. The monoisotopic (exact) mass is 235 g/mol. The van der Waals surface area contributed by atoms with E-state index in [-0.39, 0.29) is 5.82 Å². The molecule has 2 aromatic rings. The van der Waals surface area contributed by atoms with Crippen LogP contribution < -0.4 is 0 Å². The Hall–Kier alpha value is -1.39. The molecule has 0 amide bonds. The molecular weight excluding hydrogens is 221 g/mol. The molecule has 0 spiro atoms. The molecular formula is C13H14FNO2. The molecule has 3 nitrogen and oxygen atoms in total. The van der Waals surface area contributed by atoms with Crippen molar-refractivity contribution in [3.8, 4) is 0 Å². The van der Waals surface area contributed by atoms with Crippen LogP contribution >= 0.6 is 0 Å². The zero-order valence-electron chi connectivity index (χ0n) is 9.49. The third-order valence-electron chi connectivity index (χ3n) is 3.12. The number of furan rings is 1. The maximum atomic E-state index is 13.7. The first-order chi connectivity index (χ1) is 8.34. The normalized spacial score (nSPS) is 17.7. The van der Waals surface area contributed by atoms with E-state index >= 15 is 0 Å². The van der Waals surface area contributed by atoms with Gasteiger partial charge in [-0.1, -0.05) is 6.07 Å². The van der Waals surface area contributed by atoms with Crippen molar-refractivity contribution in [2.45, 2.75) is 6.54 Å². The molecule has 1 aromatic heterocycles. The van der Waals surface area contributed by atoms with Crippen LogP contribution in [0.4, 0.5) is 4.39 Å². The van der Waals surface area contributed by atoms with E-state index < -0.39 is 0 Å². The fourth-order valence-corrected chi connectivity index (χ4v) is 2.22. The Bertz CT molecular complexity index is 517. The highest BCUT2D eigenvalue weighted by atomic mass is 19.1. The molecule has 0 aliphatic carbocycles. The third-order valence-corrected chi connectivity index (χ3v) is 3.12. The standard InChI is InChI=1S/C13H14FNO2/c14-11-2-1-3-12-13(11)10(9-17-12)8-15-4-6-16-7-5-15/h1-3,9H,4-8H2. The lowest BCUT2D eigenvalue weighted by Gasteiger charge is -2.26. The molecule has 0 saturated carbocycles. The van der Waals surface area contributed by atoms with Crippen LogP contribution in [0, 0.1) is 5.82 Å². The number of nitrogens with zero attached hydrogens (tertiary/aromatic N) is 1. The summed E-state index contributed by atoms with van der Waals surface area (Å²) in [7, 11) is 0. The van der Waals surface area contributed by atoms with Gasteiger partial charge < -0.3 is 9.15 Å². The van der Waals surface area contributed by atoms with Crippen molar-refractivity contribution in [3.05, 3.63) is 35.8 Å². The third kappa shape index (κ3) is 2.06. The summed E-state index contributed by atoms with van der Waals surface area (Å²) in [6.45, 7) is 4.00. The SMILES string of the molecule is Fc1cccc2occ(CN3CCOCC3)c12. The van der Waals surface area contributed by atoms with E-state index in [2.05, 4.69) is 4.90 Å². The summed E-state index contributed by atoms with van der Waals surface area (Å²) in [5, 5.41) is 0.610. The molecule has 17 heavy (non-hydrogen) atoms. The van der Waals surface area contributed by atoms with Crippen molar-refractivity contribution in [2.24, 2.45) is 0 Å². The van der Waals surface area contributed by atoms with Crippen molar-refractivity contribution in [2.75, 3.05) is 26.3 Å². The molecule has 0 atom stereocenters. The Kier molecular flexibility index (Phi) is 2.82. The molecule has 1 saturated heterocycles. The first kappa shape index (κ1) is 10.7. The van der Waals surface area contributed by atoms with Gasteiger partial charge in [0.15, 0.2) is 0 Å². The molecule has 0 N–H and O–H groups in total. The smallest absolute Gasteiger partial charge is 0.137 e. The Morgan fingerprint density at radius 1 is 1.24 bits per heavy atom. The van der Waals surface area contributed by atoms with Crippen LogP contribution in [0.15, 0.2) is 28.9 Å². The maximum absolute atomic E-state index is 13.7. The van der Waals surface area contributed by atoms with Gasteiger partial charge in [-0.05, 0) is 12.1 Å². The van der Waals surface area contributed by atoms with Crippen LogP contribution in [0.2, 0.25) is 0 Å². The number of morpholine rings is 1. The Balaban J connectivity index is 1.89. The largest absolute Gasteiger partial charge is 0.464 e. The predicted octanol–water partition coefficient (Wildman–Crippen LogP) is 2.40. The van der Waals surface area contributed by atoms with Crippen molar-refractivity contribution in [1.29, 1.82) is 0 Å². The fraction of sp³-hybridized carbons (Fsp3) is 0.385. The molecule has 0 unspecified atom stereocenters. The predicted molar refractivity (Wildman–Crippen MR) is 62.3 cm³/mol. The molecule has 0 bridgehead atoms. The number of rotatable bonds is 2. The molecule has 4 heteroatoms. The highest BCUT2D eigenvalue weighted by Gasteiger charge is 2.15. The minimum atomic E-state index is -0.209. The summed E-state index contributed by atoms with van der Waals surface area (Å²) in [5.41, 5.74) is 1.54. The highest BCUT2D eigenvalue weighted by molar-refractivity contribution is 5.81. The van der Waals surface area contributed by atoms with Gasteiger partial charge in [0, 0.05) is 25.2 Å². The van der Waals surface area contributed by atoms with E-state index in [1.807, 2.05) is 0 Å². The highest BCUT2D eigenvalue weighted by Crippen LogP contribution is 2.25. The number of hydrogen-bond acceptors (Lipinski definition) is 3. The van der Waals surface area contributed by atoms with E-state index in [1.54, 1.807) is 18.4 Å². The number of ether oxygens (including phenoxy) is 1.